The summed E-state index contributed by atoms with van der Waals surface area (Å²) in [5.41, 5.74) is 5.32. The minimum Gasteiger partial charge on any atom is -0.364 e. The Balaban J connectivity index is 2.40. The van der Waals surface area contributed by atoms with Crippen molar-refractivity contribution in [1.82, 2.24) is 4.57 Å². The predicted molar refractivity (Wildman–Crippen MR) is 89.6 cm³/mol. The number of anilines is 2. The highest BCUT2D eigenvalue weighted by molar-refractivity contribution is 7.93. The molecule has 0 saturated heterocycles. The summed E-state index contributed by atoms with van der Waals surface area (Å²) in [6.45, 7) is 0. The second-order valence-corrected chi connectivity index (χ2v) is 8.49. The Morgan fingerprint density at radius 3 is 2.08 bits per heavy atom. The van der Waals surface area contributed by atoms with Crippen LogP contribution in [0.5, 0.6) is 0 Å². The highest BCUT2D eigenvalue weighted by Gasteiger charge is 2.21. The van der Waals surface area contributed by atoms with E-state index in [1.54, 1.807) is 12.1 Å². The number of hydrogen-bond donors (Lipinski definition) is 3. The topological polar surface area (TPSA) is 140 Å². The molecule has 24 heavy (non-hydrogen) atoms. The number of hydrogen-bond acceptors (Lipinski definition) is 5. The molecule has 4 N–H and O–H groups in total. The molecule has 2 rings (SSSR count). The van der Waals surface area contributed by atoms with Gasteiger partial charge in [0.2, 0.25) is 10.0 Å². The Morgan fingerprint density at radius 1 is 1.08 bits per heavy atom. The molecule has 0 bridgehead atoms. The lowest BCUT2D eigenvalue weighted by Gasteiger charge is -2.12. The zero-order valence-electron chi connectivity index (χ0n) is 12.8. The van der Waals surface area contributed by atoms with Crippen LogP contribution in [0, 0.1) is 0 Å². The number of nitrogens with two attached hydrogens (primary N) is 1. The van der Waals surface area contributed by atoms with Gasteiger partial charge in [0.25, 0.3) is 15.9 Å². The lowest BCUT2D eigenvalue weighted by Crippen LogP contribution is -2.16. The van der Waals surface area contributed by atoms with Crippen LogP contribution in [0.3, 0.4) is 0 Å². The zero-order valence-corrected chi connectivity index (χ0v) is 14.5. The first-order valence-corrected chi connectivity index (χ1v) is 9.93. The third-order valence-corrected chi connectivity index (χ3v) is 4.93. The molecule has 0 saturated carbocycles. The van der Waals surface area contributed by atoms with Gasteiger partial charge in [0.1, 0.15) is 10.6 Å². The van der Waals surface area contributed by atoms with Gasteiger partial charge in [-0.15, -0.1) is 0 Å². The molecule has 9 nitrogen and oxygen atoms in total. The number of aryl methyl sites for hydroxylation is 1. The van der Waals surface area contributed by atoms with Gasteiger partial charge in [-0.05, 0) is 18.2 Å². The lowest BCUT2D eigenvalue weighted by molar-refractivity contribution is 0.0992. The number of carbonyl (C=O) groups is 1. The highest BCUT2D eigenvalue weighted by atomic mass is 32.2. The van der Waals surface area contributed by atoms with Gasteiger partial charge in [-0.25, -0.2) is 16.8 Å². The van der Waals surface area contributed by atoms with Crippen molar-refractivity contribution in [3.8, 4) is 0 Å². The van der Waals surface area contributed by atoms with Crippen LogP contribution in [0.15, 0.2) is 41.4 Å². The van der Waals surface area contributed by atoms with E-state index in [4.69, 9.17) is 5.73 Å². The lowest BCUT2D eigenvalue weighted by atomic mass is 10.3. The average Bonchev–Trinajstić information content (AvgIpc) is 2.82. The van der Waals surface area contributed by atoms with E-state index in [0.29, 0.717) is 0 Å². The SMILES string of the molecule is Cn1cc(S(=O)(=O)Nc2ccccc2NS(C)(=O)=O)cc1C(N)=O. The molecule has 130 valence electrons. The molecular formula is C13H16N4O5S2. The van der Waals surface area contributed by atoms with E-state index in [-0.39, 0.29) is 22.0 Å². The van der Waals surface area contributed by atoms with Crippen molar-refractivity contribution in [2.45, 2.75) is 4.90 Å². The summed E-state index contributed by atoms with van der Waals surface area (Å²) in [4.78, 5) is 11.1. The number of para-hydroxylation sites is 2. The number of benzene rings is 1. The van der Waals surface area contributed by atoms with Gasteiger partial charge in [0, 0.05) is 13.2 Å². The Hall–Kier alpha value is -2.53. The van der Waals surface area contributed by atoms with Gasteiger partial charge >= 0.3 is 0 Å². The van der Waals surface area contributed by atoms with E-state index in [1.165, 1.54) is 29.9 Å². The quantitative estimate of drug-likeness (QED) is 0.669. The molecule has 0 aliphatic carbocycles. The standard InChI is InChI=1S/C13H16N4O5S2/c1-17-8-9(7-12(17)13(14)18)24(21,22)16-11-6-4-3-5-10(11)15-23(2,19)20/h3-8,15-16H,1-2H3,(H2,14,18). The summed E-state index contributed by atoms with van der Waals surface area (Å²) in [7, 11) is -6.14. The normalized spacial score (nSPS) is 11.9. The van der Waals surface area contributed by atoms with Gasteiger partial charge in [-0.3, -0.25) is 14.2 Å². The van der Waals surface area contributed by atoms with Crippen molar-refractivity contribution in [1.29, 1.82) is 0 Å². The second-order valence-electron chi connectivity index (χ2n) is 5.06. The fourth-order valence-electron chi connectivity index (χ4n) is 1.99. The molecule has 0 radical (unpaired) electrons. The molecular weight excluding hydrogens is 356 g/mol. The minimum absolute atomic E-state index is 0.0259. The first kappa shape index (κ1) is 17.8. The van der Waals surface area contributed by atoms with Crippen molar-refractivity contribution >= 4 is 37.3 Å². The first-order chi connectivity index (χ1) is 11.0. The van der Waals surface area contributed by atoms with Crippen LogP contribution in [0.1, 0.15) is 10.5 Å². The molecule has 0 aliphatic rings. The van der Waals surface area contributed by atoms with Gasteiger partial charge < -0.3 is 10.3 Å². The molecule has 1 heterocycles. The maximum Gasteiger partial charge on any atom is 0.265 e. The molecule has 0 aliphatic heterocycles. The van der Waals surface area contributed by atoms with Crippen molar-refractivity contribution in [3.05, 3.63) is 42.2 Å². The number of nitrogens with zero attached hydrogens (tertiary/aromatic N) is 1. The summed E-state index contributed by atoms with van der Waals surface area (Å²) < 4.78 is 53.4. The molecule has 0 atom stereocenters. The Morgan fingerprint density at radius 2 is 1.62 bits per heavy atom. The van der Waals surface area contributed by atoms with Crippen LogP contribution in [0.4, 0.5) is 11.4 Å². The fourth-order valence-corrected chi connectivity index (χ4v) is 3.72. The fraction of sp³-hybridized carbons (Fsp3) is 0.154. The third kappa shape index (κ3) is 4.06. The van der Waals surface area contributed by atoms with Crippen molar-refractivity contribution in [2.24, 2.45) is 12.8 Å². The summed E-state index contributed by atoms with van der Waals surface area (Å²) in [6, 6.07) is 7.06. The number of carbonyl (C=O) groups excluding carboxylic acids is 1. The van der Waals surface area contributed by atoms with E-state index in [1.807, 2.05) is 0 Å². The molecule has 2 aromatic rings. The van der Waals surface area contributed by atoms with Gasteiger partial charge in [0.15, 0.2) is 0 Å². The van der Waals surface area contributed by atoms with Crippen molar-refractivity contribution < 1.29 is 21.6 Å². The summed E-state index contributed by atoms with van der Waals surface area (Å²) in [5, 5.41) is 0. The highest BCUT2D eigenvalue weighted by Crippen LogP contribution is 2.25. The number of rotatable bonds is 6. The molecule has 1 amide bonds. The van der Waals surface area contributed by atoms with Crippen LogP contribution in [0.2, 0.25) is 0 Å². The summed E-state index contributed by atoms with van der Waals surface area (Å²) >= 11 is 0. The van der Waals surface area contributed by atoms with Crippen LogP contribution < -0.4 is 15.2 Å². The van der Waals surface area contributed by atoms with E-state index >= 15 is 0 Å². The van der Waals surface area contributed by atoms with Crippen molar-refractivity contribution in [3.63, 3.8) is 0 Å². The molecule has 0 fully saturated rings. The average molecular weight is 372 g/mol. The molecule has 1 aromatic carbocycles. The van der Waals surface area contributed by atoms with E-state index in [0.717, 1.165) is 12.3 Å². The molecule has 11 heteroatoms. The van der Waals surface area contributed by atoms with Gasteiger partial charge in [0.05, 0.1) is 17.6 Å². The maximum absolute atomic E-state index is 12.5. The van der Waals surface area contributed by atoms with Crippen molar-refractivity contribution in [2.75, 3.05) is 15.7 Å². The molecule has 1 aromatic heterocycles. The Kier molecular flexibility index (Phi) is 4.58. The number of nitrogens with one attached hydrogen (secondary N) is 2. The van der Waals surface area contributed by atoms with Gasteiger partial charge in [-0.2, -0.15) is 0 Å². The van der Waals surface area contributed by atoms with Gasteiger partial charge in [-0.1, -0.05) is 12.1 Å². The number of amides is 1. The maximum atomic E-state index is 12.5. The Bertz CT molecular complexity index is 993. The molecule has 0 spiro atoms. The summed E-state index contributed by atoms with van der Waals surface area (Å²) in [6.07, 6.45) is 2.18. The van der Waals surface area contributed by atoms with E-state index in [9.17, 15) is 21.6 Å². The third-order valence-electron chi connectivity index (χ3n) is 3.01. The number of primary amides is 1. The zero-order chi connectivity index (χ0) is 18.1. The first-order valence-electron chi connectivity index (χ1n) is 6.55. The van der Waals surface area contributed by atoms with Crippen LogP contribution in [0.25, 0.3) is 0 Å². The summed E-state index contributed by atoms with van der Waals surface area (Å²) in [5.74, 6) is -0.766. The minimum atomic E-state index is -4.04. The largest absolute Gasteiger partial charge is 0.364 e. The van der Waals surface area contributed by atoms with Crippen LogP contribution >= 0.6 is 0 Å². The second kappa shape index (κ2) is 6.17. The van der Waals surface area contributed by atoms with E-state index in [2.05, 4.69) is 9.44 Å². The monoisotopic (exact) mass is 372 g/mol. The number of sulfonamides is 2. The smallest absolute Gasteiger partial charge is 0.265 e. The molecule has 0 unspecified atom stereocenters. The van der Waals surface area contributed by atoms with Crippen LogP contribution in [-0.2, 0) is 27.1 Å². The Labute approximate surface area is 139 Å². The van der Waals surface area contributed by atoms with E-state index < -0.39 is 26.0 Å². The predicted octanol–water partition coefficient (Wildman–Crippen LogP) is 0.296. The van der Waals surface area contributed by atoms with Crippen LogP contribution in [-0.4, -0.2) is 33.6 Å². The number of aromatic nitrogens is 1.